The number of piperazine rings is 1. The average Bonchev–Trinajstić information content (AvgIpc) is 2.69. The van der Waals surface area contributed by atoms with Crippen molar-refractivity contribution in [3.8, 4) is 0 Å². The van der Waals surface area contributed by atoms with E-state index in [1.807, 2.05) is 23.4 Å². The van der Waals surface area contributed by atoms with E-state index >= 15 is 4.39 Å². The molecular weight excluding hydrogens is 423 g/mol. The van der Waals surface area contributed by atoms with E-state index in [1.54, 1.807) is 6.92 Å². The van der Waals surface area contributed by atoms with Crippen molar-refractivity contribution in [2.75, 3.05) is 50.1 Å². The van der Waals surface area contributed by atoms with E-state index in [-0.39, 0.29) is 40.2 Å². The Labute approximate surface area is 183 Å². The van der Waals surface area contributed by atoms with Crippen LogP contribution in [0.1, 0.15) is 36.5 Å². The van der Waals surface area contributed by atoms with Gasteiger partial charge in [-0.25, -0.2) is 9.18 Å². The van der Waals surface area contributed by atoms with Crippen LogP contribution in [-0.4, -0.2) is 61.2 Å². The van der Waals surface area contributed by atoms with E-state index in [0.29, 0.717) is 23.6 Å². The predicted octanol–water partition coefficient (Wildman–Crippen LogP) is 2.65. The third kappa shape index (κ3) is 3.57. The molecule has 1 N–H and O–H groups in total. The lowest BCUT2D eigenvalue weighted by atomic mass is 10.1. The van der Waals surface area contributed by atoms with Gasteiger partial charge >= 0.3 is 5.97 Å². The lowest BCUT2D eigenvalue weighted by molar-refractivity contribution is -0.114. The molecule has 2 aliphatic heterocycles. The number of esters is 1. The normalized spacial score (nSPS) is 18.5. The first-order chi connectivity index (χ1) is 14.7. The number of amides is 1. The number of nitrogens with zero attached hydrogens (tertiary/aromatic N) is 3. The fraction of sp³-hybridized carbons (Fsp3) is 0.476. The van der Waals surface area contributed by atoms with Crippen molar-refractivity contribution in [2.24, 2.45) is 0 Å². The van der Waals surface area contributed by atoms with Crippen molar-refractivity contribution in [3.63, 3.8) is 0 Å². The number of likely N-dealkylation sites (N-methyl/N-ethyl adjacent to an activating group) is 1. The maximum absolute atomic E-state index is 15.4. The van der Waals surface area contributed by atoms with Gasteiger partial charge in [-0.1, -0.05) is 11.8 Å². The van der Waals surface area contributed by atoms with Gasteiger partial charge in [-0.2, -0.15) is 0 Å². The van der Waals surface area contributed by atoms with Crippen LogP contribution in [0.4, 0.5) is 15.8 Å². The monoisotopic (exact) mass is 448 g/mol. The maximum atomic E-state index is 15.4. The summed E-state index contributed by atoms with van der Waals surface area (Å²) in [5.74, 6) is -1.69. The number of anilines is 2. The fourth-order valence-corrected chi connectivity index (χ4v) is 5.29. The number of rotatable bonds is 4. The zero-order valence-corrected chi connectivity index (χ0v) is 18.8. The Morgan fingerprint density at radius 3 is 2.55 bits per heavy atom. The summed E-state index contributed by atoms with van der Waals surface area (Å²) in [6.45, 7) is 7.75. The number of carbonyl (C=O) groups is 2. The molecule has 1 saturated heterocycles. The second kappa shape index (κ2) is 8.16. The predicted molar refractivity (Wildman–Crippen MR) is 119 cm³/mol. The molecule has 1 atom stereocenters. The highest BCUT2D eigenvalue weighted by Gasteiger charge is 2.36. The first-order valence-electron chi connectivity index (χ1n) is 10.2. The number of aromatic nitrogens is 1. The van der Waals surface area contributed by atoms with Crippen LogP contribution in [-0.2, 0) is 9.53 Å². The van der Waals surface area contributed by atoms with Gasteiger partial charge in [0.15, 0.2) is 0 Å². The number of pyridine rings is 1. The molecule has 3 heterocycles. The van der Waals surface area contributed by atoms with Crippen LogP contribution < -0.4 is 15.6 Å². The Bertz CT molecular complexity index is 1140. The summed E-state index contributed by atoms with van der Waals surface area (Å²) in [7, 11) is 2.00. The third-order valence-electron chi connectivity index (χ3n) is 5.62. The first-order valence-corrected chi connectivity index (χ1v) is 11.1. The van der Waals surface area contributed by atoms with Gasteiger partial charge < -0.3 is 24.4 Å². The average molecular weight is 449 g/mol. The smallest absolute Gasteiger partial charge is 0.344 e. The highest BCUT2D eigenvalue weighted by atomic mass is 32.2. The molecule has 1 aromatic carbocycles. The zero-order valence-electron chi connectivity index (χ0n) is 18.0. The molecule has 8 nitrogen and oxygen atoms in total. The Kier molecular flexibility index (Phi) is 5.69. The maximum Gasteiger partial charge on any atom is 0.344 e. The molecule has 4 rings (SSSR count). The van der Waals surface area contributed by atoms with Crippen LogP contribution in [0.2, 0.25) is 0 Å². The molecule has 0 spiro atoms. The molecule has 0 aliphatic carbocycles. The quantitative estimate of drug-likeness (QED) is 0.720. The molecular formula is C21H25FN4O4S. The van der Waals surface area contributed by atoms with Gasteiger partial charge in [0.05, 0.1) is 39.3 Å². The van der Waals surface area contributed by atoms with Crippen LogP contribution in [0.5, 0.6) is 0 Å². The van der Waals surface area contributed by atoms with Crippen molar-refractivity contribution in [3.05, 3.63) is 27.7 Å². The summed E-state index contributed by atoms with van der Waals surface area (Å²) in [5, 5.41) is 3.21. The van der Waals surface area contributed by atoms with Gasteiger partial charge in [0.2, 0.25) is 11.3 Å². The highest BCUT2D eigenvalue weighted by Crippen LogP contribution is 2.49. The summed E-state index contributed by atoms with van der Waals surface area (Å²) < 4.78 is 22.3. The summed E-state index contributed by atoms with van der Waals surface area (Å²) in [6, 6.07) is 1.18. The summed E-state index contributed by atoms with van der Waals surface area (Å²) >= 11 is 1.37. The van der Waals surface area contributed by atoms with E-state index in [1.165, 1.54) is 24.8 Å². The van der Waals surface area contributed by atoms with Crippen molar-refractivity contribution in [1.29, 1.82) is 0 Å². The van der Waals surface area contributed by atoms with Gasteiger partial charge in [-0.3, -0.25) is 9.59 Å². The summed E-state index contributed by atoms with van der Waals surface area (Å²) in [5.41, 5.74) is 0.308. The van der Waals surface area contributed by atoms with E-state index in [9.17, 15) is 14.4 Å². The molecule has 1 fully saturated rings. The zero-order chi connectivity index (χ0) is 22.4. The van der Waals surface area contributed by atoms with Gasteiger partial charge in [-0.05, 0) is 27.0 Å². The van der Waals surface area contributed by atoms with E-state index < -0.39 is 17.2 Å². The molecule has 0 saturated carbocycles. The van der Waals surface area contributed by atoms with Crippen LogP contribution in [0.25, 0.3) is 10.9 Å². The number of hydrogen-bond acceptors (Lipinski definition) is 7. The molecule has 1 unspecified atom stereocenters. The first kappa shape index (κ1) is 21.6. The number of halogens is 1. The molecule has 10 heteroatoms. The van der Waals surface area contributed by atoms with Gasteiger partial charge in [0.25, 0.3) is 0 Å². The van der Waals surface area contributed by atoms with Crippen molar-refractivity contribution in [1.82, 2.24) is 9.47 Å². The molecule has 166 valence electrons. The van der Waals surface area contributed by atoms with E-state index in [2.05, 4.69) is 10.2 Å². The van der Waals surface area contributed by atoms with Crippen LogP contribution >= 0.6 is 11.8 Å². The molecule has 2 aromatic rings. The largest absolute Gasteiger partial charge is 0.462 e. The second-order valence-electron chi connectivity index (χ2n) is 7.77. The minimum atomic E-state index is -0.720. The van der Waals surface area contributed by atoms with Crippen LogP contribution in [0.3, 0.4) is 0 Å². The van der Waals surface area contributed by atoms with E-state index in [4.69, 9.17) is 4.74 Å². The van der Waals surface area contributed by atoms with Crippen molar-refractivity contribution in [2.45, 2.75) is 31.2 Å². The number of nitrogens with one attached hydrogen (secondary N) is 1. The molecule has 31 heavy (non-hydrogen) atoms. The molecule has 0 radical (unpaired) electrons. The van der Waals surface area contributed by atoms with Crippen molar-refractivity contribution < 1.29 is 18.7 Å². The topological polar surface area (TPSA) is 83.9 Å². The lowest BCUT2D eigenvalue weighted by Crippen LogP contribution is -2.45. The Morgan fingerprint density at radius 1 is 1.29 bits per heavy atom. The number of carbonyl (C=O) groups excluding carboxylic acids is 2. The SMILES string of the molecule is CCOC(=O)c1c2n(c3c(NC(C)=O)c(N4CCN(C)CC4)c(F)cc3c1=O)C(C)S2. The third-order valence-corrected chi connectivity index (χ3v) is 6.79. The summed E-state index contributed by atoms with van der Waals surface area (Å²) in [6.07, 6.45) is 0. The minimum Gasteiger partial charge on any atom is -0.462 e. The highest BCUT2D eigenvalue weighted by molar-refractivity contribution is 8.00. The standard InChI is InChI=1S/C21H25FN4O4S/c1-5-30-21(29)15-19(28)13-10-14(22)18(25-8-6-24(4)7-9-25)16(23-11(2)27)17(13)26-12(3)31-20(15)26/h10,12H,5-9H2,1-4H3,(H,23,27). The molecule has 1 amide bonds. The number of benzene rings is 1. The Hall–Kier alpha value is -2.59. The minimum absolute atomic E-state index is 0.0538. The van der Waals surface area contributed by atoms with Gasteiger partial charge in [0, 0.05) is 33.1 Å². The van der Waals surface area contributed by atoms with E-state index in [0.717, 1.165) is 13.1 Å². The summed E-state index contributed by atoms with van der Waals surface area (Å²) in [4.78, 5) is 41.9. The second-order valence-corrected chi connectivity index (χ2v) is 9.07. The van der Waals surface area contributed by atoms with Crippen LogP contribution in [0, 0.1) is 5.82 Å². The molecule has 0 bridgehead atoms. The van der Waals surface area contributed by atoms with Crippen LogP contribution in [0.15, 0.2) is 15.9 Å². The number of ether oxygens (including phenoxy) is 1. The Balaban J connectivity index is 2.03. The van der Waals surface area contributed by atoms with Gasteiger partial charge in [0.1, 0.15) is 11.4 Å². The van der Waals surface area contributed by atoms with Gasteiger partial charge in [-0.15, -0.1) is 0 Å². The number of hydrogen-bond donors (Lipinski definition) is 1. The number of thioether (sulfide) groups is 1. The molecule has 2 aliphatic rings. The number of fused-ring (bicyclic) bond motifs is 3. The molecule has 1 aromatic heterocycles. The van der Waals surface area contributed by atoms with Crippen molar-refractivity contribution >= 4 is 45.9 Å². The lowest BCUT2D eigenvalue weighted by Gasteiger charge is -2.37. The fourth-order valence-electron chi connectivity index (χ4n) is 4.15. The Morgan fingerprint density at radius 2 is 1.97 bits per heavy atom.